The number of carbonyl (C=O) groups is 1. The molecule has 3 aromatic carbocycles. The number of ether oxygens (including phenoxy) is 1. The molecular formula is C26H28O4S. The van der Waals surface area contributed by atoms with Crippen molar-refractivity contribution >= 4 is 26.4 Å². The van der Waals surface area contributed by atoms with E-state index >= 15 is 0 Å². The van der Waals surface area contributed by atoms with Gasteiger partial charge in [-0.3, -0.25) is 4.79 Å². The van der Waals surface area contributed by atoms with Crippen LogP contribution in [0.3, 0.4) is 0 Å². The zero-order valence-corrected chi connectivity index (χ0v) is 18.9. The molecule has 31 heavy (non-hydrogen) atoms. The highest BCUT2D eigenvalue weighted by molar-refractivity contribution is 7.90. The van der Waals surface area contributed by atoms with Crippen LogP contribution in [-0.4, -0.2) is 32.3 Å². The summed E-state index contributed by atoms with van der Waals surface area (Å²) in [5.41, 5.74) is 2.36. The van der Waals surface area contributed by atoms with E-state index in [0.717, 1.165) is 21.9 Å². The van der Waals surface area contributed by atoms with Crippen LogP contribution in [0.2, 0.25) is 0 Å². The lowest BCUT2D eigenvalue weighted by Crippen LogP contribution is -2.22. The van der Waals surface area contributed by atoms with Crippen LogP contribution >= 0.6 is 0 Å². The molecule has 0 bridgehead atoms. The van der Waals surface area contributed by atoms with Gasteiger partial charge in [0.2, 0.25) is 0 Å². The second kappa shape index (κ2) is 10.0. The smallest absolute Gasteiger partial charge is 0.165 e. The molecule has 0 aliphatic carbocycles. The van der Waals surface area contributed by atoms with E-state index in [-0.39, 0.29) is 24.1 Å². The summed E-state index contributed by atoms with van der Waals surface area (Å²) in [6.45, 7) is 3.77. The molecule has 0 saturated carbocycles. The van der Waals surface area contributed by atoms with Crippen LogP contribution in [0.4, 0.5) is 0 Å². The first-order valence-corrected chi connectivity index (χ1v) is 12.4. The minimum atomic E-state index is -3.16. The average Bonchev–Trinajstić information content (AvgIpc) is 2.76. The molecule has 0 unspecified atom stereocenters. The van der Waals surface area contributed by atoms with Crippen LogP contribution in [-0.2, 0) is 14.6 Å². The molecule has 0 amide bonds. The number of sulfone groups is 1. The van der Waals surface area contributed by atoms with Crippen molar-refractivity contribution in [1.82, 2.24) is 0 Å². The Labute approximate surface area is 184 Å². The third-order valence-corrected chi connectivity index (χ3v) is 6.07. The molecule has 0 aromatic heterocycles. The molecule has 0 saturated heterocycles. The Kier molecular flexibility index (Phi) is 7.42. The summed E-state index contributed by atoms with van der Waals surface area (Å²) in [6, 6.07) is 23.4. The van der Waals surface area contributed by atoms with Gasteiger partial charge in [-0.2, -0.15) is 0 Å². The van der Waals surface area contributed by atoms with E-state index in [1.165, 1.54) is 6.26 Å². The maximum absolute atomic E-state index is 12.8. The van der Waals surface area contributed by atoms with Gasteiger partial charge in [0, 0.05) is 18.2 Å². The molecule has 5 heteroatoms. The Bertz CT molecular complexity index is 1180. The minimum absolute atomic E-state index is 0.0385. The molecule has 3 aromatic rings. The highest BCUT2D eigenvalue weighted by Gasteiger charge is 2.21. The van der Waals surface area contributed by atoms with E-state index in [2.05, 4.69) is 24.3 Å². The molecule has 0 aliphatic rings. The largest absolute Gasteiger partial charge is 0.366 e. The predicted molar refractivity (Wildman–Crippen MR) is 126 cm³/mol. The SMILES string of the molecule is C/C(=C/CS(C)(=O)=O)[C@H](CC(=O)c1ccccc1)O[C@H](C)c1ccc2ccccc2c1. The molecule has 4 nitrogen and oxygen atoms in total. The summed E-state index contributed by atoms with van der Waals surface area (Å²) in [4.78, 5) is 12.8. The summed E-state index contributed by atoms with van der Waals surface area (Å²) in [5.74, 6) is -0.119. The fourth-order valence-electron chi connectivity index (χ4n) is 3.43. The van der Waals surface area contributed by atoms with Gasteiger partial charge in [-0.05, 0) is 41.8 Å². The Morgan fingerprint density at radius 3 is 2.29 bits per heavy atom. The van der Waals surface area contributed by atoms with Crippen LogP contribution in [0, 0.1) is 0 Å². The molecule has 0 spiro atoms. The van der Waals surface area contributed by atoms with Crippen molar-refractivity contribution in [2.45, 2.75) is 32.5 Å². The zero-order chi connectivity index (χ0) is 22.4. The summed E-state index contributed by atoms with van der Waals surface area (Å²) < 4.78 is 29.6. The second-order valence-corrected chi connectivity index (χ2v) is 10.1. The quantitative estimate of drug-likeness (QED) is 0.326. The van der Waals surface area contributed by atoms with Crippen molar-refractivity contribution in [1.29, 1.82) is 0 Å². The van der Waals surface area contributed by atoms with Crippen molar-refractivity contribution < 1.29 is 17.9 Å². The summed E-state index contributed by atoms with van der Waals surface area (Å²) in [5, 5.41) is 2.27. The van der Waals surface area contributed by atoms with Crippen LogP contribution in [0.5, 0.6) is 0 Å². The average molecular weight is 437 g/mol. The molecule has 2 atom stereocenters. The third-order valence-electron chi connectivity index (χ3n) is 5.29. The number of ketones is 1. The molecular weight excluding hydrogens is 408 g/mol. The molecule has 0 heterocycles. The molecule has 0 fully saturated rings. The van der Waals surface area contributed by atoms with E-state index in [1.807, 2.05) is 50.2 Å². The molecule has 0 N–H and O–H groups in total. The second-order valence-electron chi connectivity index (χ2n) is 7.91. The number of benzene rings is 3. The zero-order valence-electron chi connectivity index (χ0n) is 18.1. The van der Waals surface area contributed by atoms with Crippen molar-refractivity contribution in [3.8, 4) is 0 Å². The maximum Gasteiger partial charge on any atom is 0.165 e. The summed E-state index contributed by atoms with van der Waals surface area (Å²) >= 11 is 0. The van der Waals surface area contributed by atoms with Gasteiger partial charge in [-0.15, -0.1) is 0 Å². The summed E-state index contributed by atoms with van der Waals surface area (Å²) in [6.07, 6.45) is 2.20. The van der Waals surface area contributed by atoms with Gasteiger partial charge in [-0.1, -0.05) is 72.8 Å². The number of hydrogen-bond donors (Lipinski definition) is 0. The lowest BCUT2D eigenvalue weighted by atomic mass is 9.99. The Hall–Kier alpha value is -2.76. The first kappa shape index (κ1) is 22.9. The van der Waals surface area contributed by atoms with Gasteiger partial charge in [0.05, 0.1) is 18.0 Å². The number of rotatable bonds is 9. The maximum atomic E-state index is 12.8. The van der Waals surface area contributed by atoms with Crippen molar-refractivity contribution in [2.24, 2.45) is 0 Å². The van der Waals surface area contributed by atoms with Gasteiger partial charge in [0.15, 0.2) is 15.6 Å². The topological polar surface area (TPSA) is 60.4 Å². The van der Waals surface area contributed by atoms with Gasteiger partial charge < -0.3 is 4.74 Å². The Balaban J connectivity index is 1.84. The first-order valence-electron chi connectivity index (χ1n) is 10.3. The molecule has 0 radical (unpaired) electrons. The number of fused-ring (bicyclic) bond motifs is 1. The van der Waals surface area contributed by atoms with Crippen LogP contribution < -0.4 is 0 Å². The predicted octanol–water partition coefficient (Wildman–Crippen LogP) is 5.55. The first-order chi connectivity index (χ1) is 14.7. The van der Waals surface area contributed by atoms with Gasteiger partial charge in [0.25, 0.3) is 0 Å². The van der Waals surface area contributed by atoms with Crippen LogP contribution in [0.25, 0.3) is 10.8 Å². The van der Waals surface area contributed by atoms with E-state index in [4.69, 9.17) is 4.74 Å². The van der Waals surface area contributed by atoms with E-state index in [9.17, 15) is 13.2 Å². The standard InChI is InChI=1S/C26H28O4S/c1-19(15-16-31(3,28)29)26(18-25(27)22-10-5-4-6-11-22)30-20(2)23-14-13-21-9-7-8-12-24(21)17-23/h4-15,17,20,26H,16,18H2,1-3H3/b19-15-/t20-,26+/m1/s1. The minimum Gasteiger partial charge on any atom is -0.366 e. The fraction of sp³-hybridized carbons (Fsp3) is 0.269. The summed E-state index contributed by atoms with van der Waals surface area (Å²) in [7, 11) is -3.16. The monoisotopic (exact) mass is 436 g/mol. The van der Waals surface area contributed by atoms with Gasteiger partial charge in [0.1, 0.15) is 0 Å². The van der Waals surface area contributed by atoms with Crippen molar-refractivity contribution in [3.63, 3.8) is 0 Å². The third kappa shape index (κ3) is 6.61. The molecule has 0 aliphatic heterocycles. The molecule has 162 valence electrons. The van der Waals surface area contributed by atoms with Crippen LogP contribution in [0.15, 0.2) is 84.4 Å². The van der Waals surface area contributed by atoms with Crippen LogP contribution in [0.1, 0.15) is 42.3 Å². The lowest BCUT2D eigenvalue weighted by Gasteiger charge is -2.24. The number of carbonyl (C=O) groups excluding carboxylic acids is 1. The van der Waals surface area contributed by atoms with E-state index in [1.54, 1.807) is 18.2 Å². The number of hydrogen-bond acceptors (Lipinski definition) is 4. The van der Waals surface area contributed by atoms with Crippen molar-refractivity contribution in [3.05, 3.63) is 95.6 Å². The van der Waals surface area contributed by atoms with E-state index in [0.29, 0.717) is 5.56 Å². The van der Waals surface area contributed by atoms with Gasteiger partial charge in [-0.25, -0.2) is 8.42 Å². The van der Waals surface area contributed by atoms with Gasteiger partial charge >= 0.3 is 0 Å². The fourth-order valence-corrected chi connectivity index (χ4v) is 3.99. The lowest BCUT2D eigenvalue weighted by molar-refractivity contribution is 0.0140. The van der Waals surface area contributed by atoms with E-state index < -0.39 is 15.9 Å². The highest BCUT2D eigenvalue weighted by atomic mass is 32.2. The normalized spacial score (nSPS) is 14.4. The van der Waals surface area contributed by atoms with Crippen molar-refractivity contribution in [2.75, 3.05) is 12.0 Å². The number of Topliss-reactive ketones (excluding diaryl/α,β-unsaturated/α-hetero) is 1. The Morgan fingerprint density at radius 1 is 0.968 bits per heavy atom. The Morgan fingerprint density at radius 2 is 1.61 bits per heavy atom. The molecule has 3 rings (SSSR count). The highest BCUT2D eigenvalue weighted by Crippen LogP contribution is 2.27.